The molecule has 0 atom stereocenters. The Morgan fingerprint density at radius 1 is 1.18 bits per heavy atom. The minimum atomic E-state index is -0.184. The summed E-state index contributed by atoms with van der Waals surface area (Å²) in [6.07, 6.45) is 1.22. The molecule has 3 rings (SSSR count). The van der Waals surface area contributed by atoms with E-state index in [-0.39, 0.29) is 10.2 Å². The van der Waals surface area contributed by atoms with Crippen molar-refractivity contribution in [1.29, 1.82) is 0 Å². The number of hydrogen-bond acceptors (Lipinski definition) is 5. The summed E-state index contributed by atoms with van der Waals surface area (Å²) in [6, 6.07) is 8.17. The first-order valence-electron chi connectivity index (χ1n) is 7.79. The molecule has 118 valence electrons. The van der Waals surface area contributed by atoms with Gasteiger partial charge in [-0.2, -0.15) is 0 Å². The molecule has 0 N–H and O–H groups in total. The first-order chi connectivity index (χ1) is 10.7. The second-order valence-electron chi connectivity index (χ2n) is 5.31. The molecule has 0 saturated carbocycles. The van der Waals surface area contributed by atoms with Crippen LogP contribution in [0.15, 0.2) is 33.5 Å². The van der Waals surface area contributed by atoms with Crippen LogP contribution in [0.3, 0.4) is 0 Å². The van der Waals surface area contributed by atoms with Crippen molar-refractivity contribution >= 4 is 40.2 Å². The highest BCUT2D eigenvalue weighted by atomic mass is 32.2. The third-order valence-electron chi connectivity index (χ3n) is 3.96. The van der Waals surface area contributed by atoms with Crippen LogP contribution in [-0.4, -0.2) is 24.6 Å². The molecule has 2 aromatic rings. The number of nitrogens with zero attached hydrogens (tertiary/aromatic N) is 1. The first kappa shape index (κ1) is 15.8. The predicted octanol–water partition coefficient (Wildman–Crippen LogP) is 4.51. The molecule has 0 spiro atoms. The van der Waals surface area contributed by atoms with Crippen molar-refractivity contribution in [3.05, 3.63) is 40.2 Å². The molecule has 0 aliphatic carbocycles. The van der Waals surface area contributed by atoms with Gasteiger partial charge in [0.05, 0.1) is 10.1 Å². The summed E-state index contributed by atoms with van der Waals surface area (Å²) in [4.78, 5) is 14.6. The number of benzene rings is 1. The van der Waals surface area contributed by atoms with Crippen molar-refractivity contribution in [3.8, 4) is 0 Å². The summed E-state index contributed by atoms with van der Waals surface area (Å²) in [7, 11) is 0. The molecular weight excluding hydrogens is 314 g/mol. The van der Waals surface area contributed by atoms with Crippen molar-refractivity contribution in [2.45, 2.75) is 24.9 Å². The molecule has 5 heteroatoms. The largest absolute Gasteiger partial charge is 0.422 e. The smallest absolute Gasteiger partial charge is 0.341 e. The lowest BCUT2D eigenvalue weighted by Crippen LogP contribution is -2.21. The Morgan fingerprint density at radius 3 is 2.59 bits per heavy atom. The number of anilines is 1. The minimum absolute atomic E-state index is 0.184. The highest BCUT2D eigenvalue weighted by Crippen LogP contribution is 2.43. The zero-order valence-electron chi connectivity index (χ0n) is 13.0. The van der Waals surface area contributed by atoms with Crippen LogP contribution in [0.2, 0.25) is 0 Å². The molecule has 0 radical (unpaired) electrons. The average Bonchev–Trinajstić information content (AvgIpc) is 2.56. The van der Waals surface area contributed by atoms with Crippen LogP contribution in [0.25, 0.3) is 11.0 Å². The topological polar surface area (TPSA) is 33.5 Å². The number of fused-ring (bicyclic) bond motifs is 1. The Bertz CT molecular complexity index is 703. The monoisotopic (exact) mass is 335 g/mol. The van der Waals surface area contributed by atoms with Crippen LogP contribution in [0.1, 0.15) is 30.4 Å². The van der Waals surface area contributed by atoms with E-state index in [1.165, 1.54) is 6.42 Å². The van der Waals surface area contributed by atoms with E-state index in [0.29, 0.717) is 5.58 Å². The van der Waals surface area contributed by atoms with Crippen molar-refractivity contribution in [2.24, 2.45) is 0 Å². The zero-order chi connectivity index (χ0) is 15.5. The van der Waals surface area contributed by atoms with Crippen molar-refractivity contribution < 1.29 is 4.42 Å². The van der Waals surface area contributed by atoms with Gasteiger partial charge in [-0.3, -0.25) is 0 Å². The highest BCUT2D eigenvalue weighted by Gasteiger charge is 2.21. The van der Waals surface area contributed by atoms with E-state index < -0.39 is 0 Å². The van der Waals surface area contributed by atoms with E-state index >= 15 is 0 Å². The molecule has 1 aliphatic heterocycles. The highest BCUT2D eigenvalue weighted by molar-refractivity contribution is 8.16. The fourth-order valence-corrected chi connectivity index (χ4v) is 5.62. The molecule has 0 amide bonds. The second kappa shape index (κ2) is 7.01. The van der Waals surface area contributed by atoms with E-state index in [2.05, 4.69) is 30.9 Å². The van der Waals surface area contributed by atoms with Gasteiger partial charge in [0.2, 0.25) is 0 Å². The maximum absolute atomic E-state index is 12.3. The Labute approximate surface area is 139 Å². The maximum atomic E-state index is 12.3. The molecule has 1 aromatic heterocycles. The van der Waals surface area contributed by atoms with Crippen molar-refractivity contribution in [1.82, 2.24) is 0 Å². The van der Waals surface area contributed by atoms with Crippen LogP contribution in [-0.2, 0) is 0 Å². The predicted molar refractivity (Wildman–Crippen MR) is 98.3 cm³/mol. The Balaban J connectivity index is 2.00. The molecule has 1 aromatic carbocycles. The molecule has 2 heterocycles. The van der Waals surface area contributed by atoms with Gasteiger partial charge in [0.25, 0.3) is 0 Å². The zero-order valence-corrected chi connectivity index (χ0v) is 14.6. The third-order valence-corrected chi connectivity index (χ3v) is 6.93. The molecule has 1 saturated heterocycles. The van der Waals surface area contributed by atoms with Crippen LogP contribution < -0.4 is 10.5 Å². The average molecular weight is 335 g/mol. The molecule has 1 fully saturated rings. The van der Waals surface area contributed by atoms with E-state index in [1.54, 1.807) is 0 Å². The molecule has 22 heavy (non-hydrogen) atoms. The summed E-state index contributed by atoms with van der Waals surface area (Å²) in [5, 5.41) is 1.01. The fourth-order valence-electron chi connectivity index (χ4n) is 2.73. The molecule has 0 unspecified atom stereocenters. The van der Waals surface area contributed by atoms with Gasteiger partial charge in [0.15, 0.2) is 0 Å². The van der Waals surface area contributed by atoms with Gasteiger partial charge in [-0.15, -0.1) is 23.5 Å². The normalized spacial score (nSPS) is 16.1. The lowest BCUT2D eigenvalue weighted by atomic mass is 10.1. The number of hydrogen-bond donors (Lipinski definition) is 0. The standard InChI is InChI=1S/C17H21NO2S2/c1-3-18(4-2)13-7-6-12-10-14(16(19)20-15(12)11-13)17-21-8-5-9-22-17/h6-7,10-11,17H,3-5,8-9H2,1-2H3. The van der Waals surface area contributed by atoms with E-state index in [9.17, 15) is 4.79 Å². The van der Waals surface area contributed by atoms with Gasteiger partial charge in [-0.05, 0) is 50.0 Å². The molecule has 0 bridgehead atoms. The summed E-state index contributed by atoms with van der Waals surface area (Å²) in [5.74, 6) is 2.24. The van der Waals surface area contributed by atoms with E-state index in [0.717, 1.165) is 41.2 Å². The SMILES string of the molecule is CCN(CC)c1ccc2cc(C3SCCCS3)c(=O)oc2c1. The van der Waals surface area contributed by atoms with E-state index in [1.807, 2.05) is 35.7 Å². The number of rotatable bonds is 4. The Morgan fingerprint density at radius 2 is 1.91 bits per heavy atom. The van der Waals surface area contributed by atoms with Crippen molar-refractivity contribution in [2.75, 3.05) is 29.5 Å². The van der Waals surface area contributed by atoms with Gasteiger partial charge in [0.1, 0.15) is 5.58 Å². The lowest BCUT2D eigenvalue weighted by molar-refractivity contribution is 0.554. The van der Waals surface area contributed by atoms with Crippen molar-refractivity contribution in [3.63, 3.8) is 0 Å². The second-order valence-corrected chi connectivity index (χ2v) is 8.04. The first-order valence-corrected chi connectivity index (χ1v) is 9.88. The van der Waals surface area contributed by atoms with Crippen LogP contribution in [0, 0.1) is 0 Å². The van der Waals surface area contributed by atoms with Crippen LogP contribution in [0.4, 0.5) is 5.69 Å². The number of thioether (sulfide) groups is 2. The maximum Gasteiger partial charge on any atom is 0.341 e. The van der Waals surface area contributed by atoms with Gasteiger partial charge in [0, 0.05) is 30.2 Å². The Kier molecular flexibility index (Phi) is 5.03. The quantitative estimate of drug-likeness (QED) is 0.768. The Hall–Kier alpha value is -1.07. The summed E-state index contributed by atoms with van der Waals surface area (Å²) < 4.78 is 5.84. The van der Waals surface area contributed by atoms with Crippen LogP contribution in [0.5, 0.6) is 0 Å². The van der Waals surface area contributed by atoms with Crippen LogP contribution >= 0.6 is 23.5 Å². The molecular formula is C17H21NO2S2. The summed E-state index contributed by atoms with van der Waals surface area (Å²) >= 11 is 3.70. The minimum Gasteiger partial charge on any atom is -0.422 e. The lowest BCUT2D eigenvalue weighted by Gasteiger charge is -2.22. The van der Waals surface area contributed by atoms with Gasteiger partial charge in [-0.1, -0.05) is 0 Å². The van der Waals surface area contributed by atoms with Gasteiger partial charge < -0.3 is 9.32 Å². The molecule has 3 nitrogen and oxygen atoms in total. The summed E-state index contributed by atoms with van der Waals surface area (Å²) in [5.41, 5.74) is 2.41. The summed E-state index contributed by atoms with van der Waals surface area (Å²) in [6.45, 7) is 6.15. The third kappa shape index (κ3) is 3.15. The van der Waals surface area contributed by atoms with Gasteiger partial charge in [-0.25, -0.2) is 4.79 Å². The molecule has 1 aliphatic rings. The van der Waals surface area contributed by atoms with E-state index in [4.69, 9.17) is 4.42 Å². The van der Waals surface area contributed by atoms with Gasteiger partial charge >= 0.3 is 5.63 Å². The fraction of sp³-hybridized carbons (Fsp3) is 0.471.